The Bertz CT molecular complexity index is 1520. The Morgan fingerprint density at radius 1 is 1.09 bits per heavy atom. The predicted octanol–water partition coefficient (Wildman–Crippen LogP) is 6.44. The van der Waals surface area contributed by atoms with Crippen LogP contribution in [0.25, 0.3) is 21.3 Å². The molecule has 2 heterocycles. The lowest BCUT2D eigenvalue weighted by molar-refractivity contribution is -0.138. The molecule has 2 aromatic heterocycles. The van der Waals surface area contributed by atoms with Gasteiger partial charge in [-0.3, -0.25) is 4.79 Å². The Morgan fingerprint density at radius 3 is 2.47 bits per heavy atom. The standard InChI is InChI=1S/C22H14ClF4NO4S2/c23-17-9-13(22(25,26)27)2-4-15(17)19-6-8-21(33-19)34(31,32)28-11-12(1-7-20(29)30)16-10-14(24)3-5-18(16)28/h2-6,8-11H,1,7H2,(H,29,30). The maximum Gasteiger partial charge on any atom is 0.416 e. The van der Waals surface area contributed by atoms with Crippen LogP contribution in [0.4, 0.5) is 17.6 Å². The molecule has 12 heteroatoms. The highest BCUT2D eigenvalue weighted by Gasteiger charge is 2.31. The Balaban J connectivity index is 1.77. The van der Waals surface area contributed by atoms with Crippen LogP contribution in [0.1, 0.15) is 17.5 Å². The first kappa shape index (κ1) is 24.2. The molecule has 0 saturated carbocycles. The van der Waals surface area contributed by atoms with Gasteiger partial charge in [-0.1, -0.05) is 17.7 Å². The molecule has 0 bridgehead atoms. The number of alkyl halides is 3. The van der Waals surface area contributed by atoms with Crippen LogP contribution in [0.2, 0.25) is 5.02 Å². The van der Waals surface area contributed by atoms with Crippen LogP contribution in [-0.4, -0.2) is 23.5 Å². The van der Waals surface area contributed by atoms with Crippen molar-refractivity contribution >= 4 is 49.8 Å². The molecule has 0 fully saturated rings. The fraction of sp³-hybridized carbons (Fsp3) is 0.136. The number of thiophene rings is 1. The third kappa shape index (κ3) is 4.55. The zero-order valence-electron chi connectivity index (χ0n) is 16.9. The zero-order chi connectivity index (χ0) is 24.8. The molecule has 0 aliphatic carbocycles. The molecule has 1 N–H and O–H groups in total. The van der Waals surface area contributed by atoms with E-state index in [2.05, 4.69) is 0 Å². The monoisotopic (exact) mass is 531 g/mol. The molecule has 0 aliphatic rings. The Labute approximate surface area is 199 Å². The average molecular weight is 532 g/mol. The van der Waals surface area contributed by atoms with Crippen LogP contribution in [-0.2, 0) is 27.4 Å². The highest BCUT2D eigenvalue weighted by Crippen LogP contribution is 2.39. The minimum absolute atomic E-state index is 0.00530. The van der Waals surface area contributed by atoms with E-state index in [-0.39, 0.29) is 38.5 Å². The number of aliphatic carboxylic acids is 1. The number of hydrogen-bond acceptors (Lipinski definition) is 4. The highest BCUT2D eigenvalue weighted by atomic mass is 35.5. The van der Waals surface area contributed by atoms with E-state index in [0.717, 1.165) is 39.6 Å². The van der Waals surface area contributed by atoms with E-state index in [0.29, 0.717) is 10.4 Å². The van der Waals surface area contributed by atoms with Crippen molar-refractivity contribution in [3.05, 3.63) is 76.7 Å². The number of aromatic nitrogens is 1. The van der Waals surface area contributed by atoms with Crippen molar-refractivity contribution in [3.63, 3.8) is 0 Å². The van der Waals surface area contributed by atoms with Crippen LogP contribution in [0, 0.1) is 5.82 Å². The first-order valence-corrected chi connectivity index (χ1v) is 12.2. The number of nitrogens with zero attached hydrogens (tertiary/aromatic N) is 1. The summed E-state index contributed by atoms with van der Waals surface area (Å²) in [5.41, 5.74) is -0.166. The number of benzene rings is 2. The number of fused-ring (bicyclic) bond motifs is 1. The van der Waals surface area contributed by atoms with E-state index < -0.39 is 33.5 Å². The largest absolute Gasteiger partial charge is 0.481 e. The lowest BCUT2D eigenvalue weighted by atomic mass is 10.1. The molecule has 0 radical (unpaired) electrons. The molecule has 0 amide bonds. The zero-order valence-corrected chi connectivity index (χ0v) is 19.3. The number of carbonyl (C=O) groups is 1. The molecule has 2 aromatic carbocycles. The van der Waals surface area contributed by atoms with Gasteiger partial charge in [0.1, 0.15) is 10.0 Å². The quantitative estimate of drug-likeness (QED) is 0.291. The van der Waals surface area contributed by atoms with Crippen LogP contribution >= 0.6 is 22.9 Å². The van der Waals surface area contributed by atoms with Crippen LogP contribution in [0.5, 0.6) is 0 Å². The number of carboxylic acids is 1. The second-order valence-corrected chi connectivity index (χ2v) is 10.9. The van der Waals surface area contributed by atoms with Gasteiger partial charge in [0.15, 0.2) is 0 Å². The summed E-state index contributed by atoms with van der Waals surface area (Å²) in [4.78, 5) is 11.3. The topological polar surface area (TPSA) is 76.4 Å². The van der Waals surface area contributed by atoms with E-state index in [1.165, 1.54) is 30.5 Å². The average Bonchev–Trinajstić information content (AvgIpc) is 3.37. The first-order valence-electron chi connectivity index (χ1n) is 9.62. The second kappa shape index (κ2) is 8.71. The molecule has 0 spiro atoms. The van der Waals surface area contributed by atoms with Crippen molar-refractivity contribution in [2.24, 2.45) is 0 Å². The summed E-state index contributed by atoms with van der Waals surface area (Å²) in [7, 11) is -4.19. The second-order valence-electron chi connectivity index (χ2n) is 7.32. The van der Waals surface area contributed by atoms with Crippen molar-refractivity contribution in [2.45, 2.75) is 23.2 Å². The summed E-state index contributed by atoms with van der Waals surface area (Å²) in [6.07, 6.45) is -3.59. The van der Waals surface area contributed by atoms with Gasteiger partial charge in [-0.2, -0.15) is 21.6 Å². The van der Waals surface area contributed by atoms with Crippen molar-refractivity contribution < 1.29 is 35.9 Å². The van der Waals surface area contributed by atoms with Gasteiger partial charge >= 0.3 is 12.1 Å². The Morgan fingerprint density at radius 2 is 1.82 bits per heavy atom. The molecule has 0 aliphatic heterocycles. The van der Waals surface area contributed by atoms with Gasteiger partial charge < -0.3 is 5.11 Å². The van der Waals surface area contributed by atoms with E-state index in [4.69, 9.17) is 16.7 Å². The third-order valence-corrected chi connectivity index (χ3v) is 8.65. The lowest BCUT2D eigenvalue weighted by Crippen LogP contribution is -2.10. The molecule has 0 unspecified atom stereocenters. The van der Waals surface area contributed by atoms with E-state index in [1.807, 2.05) is 0 Å². The summed E-state index contributed by atoms with van der Waals surface area (Å²) in [5, 5.41) is 9.06. The SMILES string of the molecule is O=C(O)CCc1cn(S(=O)(=O)c2ccc(-c3ccc(C(F)(F)F)cc3Cl)s2)c2ccc(F)cc12. The predicted molar refractivity (Wildman–Crippen MR) is 120 cm³/mol. The molecule has 34 heavy (non-hydrogen) atoms. The summed E-state index contributed by atoms with van der Waals surface area (Å²) < 4.78 is 80.1. The molecule has 0 atom stereocenters. The fourth-order valence-corrected chi connectivity index (χ4v) is 6.63. The lowest BCUT2D eigenvalue weighted by Gasteiger charge is -2.09. The molecular formula is C22H14ClF4NO4S2. The van der Waals surface area contributed by atoms with Gasteiger partial charge in [0.25, 0.3) is 10.0 Å². The minimum atomic E-state index is -4.57. The van der Waals surface area contributed by atoms with Crippen LogP contribution in [0.15, 0.2) is 58.9 Å². The number of halogens is 5. The van der Waals surface area contributed by atoms with E-state index in [1.54, 1.807) is 0 Å². The van der Waals surface area contributed by atoms with Gasteiger partial charge in [-0.25, -0.2) is 8.36 Å². The van der Waals surface area contributed by atoms with E-state index in [9.17, 15) is 30.8 Å². The summed E-state index contributed by atoms with van der Waals surface area (Å²) >= 11 is 6.85. The first-order chi connectivity index (χ1) is 15.9. The third-order valence-electron chi connectivity index (χ3n) is 5.08. The maximum atomic E-state index is 13.8. The molecule has 178 valence electrons. The van der Waals surface area contributed by atoms with Gasteiger partial charge in [-0.05, 0) is 54.4 Å². The fourth-order valence-electron chi connectivity index (χ4n) is 3.47. The van der Waals surface area contributed by atoms with Gasteiger partial charge in [0.05, 0.1) is 11.1 Å². The van der Waals surface area contributed by atoms with Crippen LogP contribution in [0.3, 0.4) is 0 Å². The van der Waals surface area contributed by atoms with Crippen molar-refractivity contribution in [1.29, 1.82) is 0 Å². The molecule has 0 saturated heterocycles. The highest BCUT2D eigenvalue weighted by molar-refractivity contribution is 7.92. The summed E-state index contributed by atoms with van der Waals surface area (Å²) in [6.45, 7) is 0. The number of aryl methyl sites for hydroxylation is 1. The van der Waals surface area contributed by atoms with Crippen LogP contribution < -0.4 is 0 Å². The van der Waals surface area contributed by atoms with Crippen molar-refractivity contribution in [1.82, 2.24) is 3.97 Å². The maximum absolute atomic E-state index is 13.8. The van der Waals surface area contributed by atoms with Gasteiger partial charge in [0.2, 0.25) is 0 Å². The smallest absolute Gasteiger partial charge is 0.416 e. The van der Waals surface area contributed by atoms with Gasteiger partial charge in [-0.15, -0.1) is 11.3 Å². The number of carboxylic acid groups (broad SMARTS) is 1. The minimum Gasteiger partial charge on any atom is -0.481 e. The van der Waals surface area contributed by atoms with E-state index >= 15 is 0 Å². The molecule has 4 aromatic rings. The van der Waals surface area contributed by atoms with Gasteiger partial charge in [0, 0.05) is 33.5 Å². The molecule has 5 nitrogen and oxygen atoms in total. The Hall–Kier alpha value is -2.89. The molecule has 4 rings (SSSR count). The van der Waals surface area contributed by atoms with Crippen molar-refractivity contribution in [3.8, 4) is 10.4 Å². The summed E-state index contributed by atoms with van der Waals surface area (Å²) in [5.74, 6) is -1.69. The Kier molecular flexibility index (Phi) is 6.21. The number of hydrogen-bond donors (Lipinski definition) is 1. The normalized spacial score (nSPS) is 12.4. The molecular weight excluding hydrogens is 518 g/mol. The van der Waals surface area contributed by atoms with Crippen molar-refractivity contribution in [2.75, 3.05) is 0 Å². The summed E-state index contributed by atoms with van der Waals surface area (Å²) in [6, 6.07) is 9.06. The number of rotatable bonds is 6.